The van der Waals surface area contributed by atoms with Gasteiger partial charge in [-0.25, -0.2) is 9.59 Å². The summed E-state index contributed by atoms with van der Waals surface area (Å²) in [6, 6.07) is 11.6. The number of hydrogen-bond acceptors (Lipinski definition) is 16. The average Bonchev–Trinajstić information content (AvgIpc) is 3.21. The summed E-state index contributed by atoms with van der Waals surface area (Å²) in [4.78, 5) is 37.1. The molecule has 322 valence electrons. The fourth-order valence-corrected chi connectivity index (χ4v) is 6.70. The molecule has 3 fully saturated rings. The van der Waals surface area contributed by atoms with Crippen molar-refractivity contribution in [2.24, 2.45) is 11.5 Å². The number of aliphatic hydroxyl groups excluding tert-OH is 5. The number of alkyl carbamates (subject to hydrolysis) is 2. The van der Waals surface area contributed by atoms with Gasteiger partial charge in [-0.2, -0.15) is 13.2 Å². The Balaban J connectivity index is 1.29. The lowest BCUT2D eigenvalue weighted by Gasteiger charge is -2.49. The smallest absolute Gasteiger partial charge is 0.445 e. The van der Waals surface area contributed by atoms with E-state index in [-0.39, 0.29) is 32.6 Å². The first-order valence-electron chi connectivity index (χ1n) is 18.3. The number of nitrogens with two attached hydrogens (primary N) is 2. The average molecular weight is 832 g/mol. The molecule has 58 heavy (non-hydrogen) atoms. The number of halogens is 3. The topological polar surface area (TPSA) is 296 Å². The molecule has 3 amide bonds. The van der Waals surface area contributed by atoms with Crippen molar-refractivity contribution in [3.8, 4) is 0 Å². The third kappa shape index (κ3) is 11.5. The molecular formula is C36H48F3N5O14. The maximum absolute atomic E-state index is 13.1. The fraction of sp³-hybridized carbons (Fsp3) is 0.583. The number of amides is 3. The van der Waals surface area contributed by atoms with E-state index in [0.29, 0.717) is 5.56 Å². The molecule has 14 atom stereocenters. The van der Waals surface area contributed by atoms with Crippen LogP contribution in [0, 0.1) is 0 Å². The number of benzene rings is 2. The molecule has 1 aliphatic carbocycles. The van der Waals surface area contributed by atoms with Gasteiger partial charge in [-0.1, -0.05) is 60.7 Å². The molecule has 0 radical (unpaired) electrons. The van der Waals surface area contributed by atoms with Gasteiger partial charge in [-0.15, -0.1) is 0 Å². The zero-order chi connectivity index (χ0) is 42.1. The second kappa shape index (κ2) is 20.2. The van der Waals surface area contributed by atoms with Gasteiger partial charge in [-0.05, 0) is 24.0 Å². The number of alkyl halides is 3. The van der Waals surface area contributed by atoms with Crippen molar-refractivity contribution < 1.29 is 81.5 Å². The highest BCUT2D eigenvalue weighted by molar-refractivity contribution is 5.82. The van der Waals surface area contributed by atoms with Gasteiger partial charge < -0.3 is 81.4 Å². The predicted octanol–water partition coefficient (Wildman–Crippen LogP) is -1.64. The first kappa shape index (κ1) is 44.9. The Morgan fingerprint density at radius 3 is 1.83 bits per heavy atom. The van der Waals surface area contributed by atoms with E-state index in [1.165, 1.54) is 5.32 Å². The minimum absolute atomic E-state index is 0.000802. The van der Waals surface area contributed by atoms with Crippen LogP contribution in [-0.2, 0) is 46.4 Å². The van der Waals surface area contributed by atoms with Gasteiger partial charge >= 0.3 is 24.3 Å². The Labute approximate surface area is 329 Å². The van der Waals surface area contributed by atoms with Crippen molar-refractivity contribution in [1.82, 2.24) is 16.0 Å². The molecule has 2 aliphatic heterocycles. The van der Waals surface area contributed by atoms with E-state index in [9.17, 15) is 53.1 Å². The minimum atomic E-state index is -5.41. The van der Waals surface area contributed by atoms with Gasteiger partial charge in [0.1, 0.15) is 49.8 Å². The van der Waals surface area contributed by atoms with Crippen LogP contribution in [0.25, 0.3) is 0 Å². The number of carbonyl (C=O) groups excluding carboxylic acids is 3. The van der Waals surface area contributed by atoms with Gasteiger partial charge in [0.2, 0.25) is 0 Å². The lowest BCUT2D eigenvalue weighted by molar-refractivity contribution is -0.320. The molecule has 19 nitrogen and oxygen atoms in total. The number of rotatable bonds is 13. The number of carbonyl (C=O) groups is 3. The minimum Gasteiger partial charge on any atom is -0.445 e. The van der Waals surface area contributed by atoms with Crippen molar-refractivity contribution in [3.63, 3.8) is 0 Å². The summed E-state index contributed by atoms with van der Waals surface area (Å²) in [5, 5.41) is 60.5. The van der Waals surface area contributed by atoms with Crippen LogP contribution in [0.15, 0.2) is 60.7 Å². The molecule has 0 aromatic heterocycles. The second-order valence-electron chi connectivity index (χ2n) is 14.0. The summed E-state index contributed by atoms with van der Waals surface area (Å²) >= 11 is 0. The number of aliphatic hydroxyl groups is 5. The summed E-state index contributed by atoms with van der Waals surface area (Å²) in [5.41, 5.74) is 13.9. The largest absolute Gasteiger partial charge is 0.471 e. The second-order valence-corrected chi connectivity index (χ2v) is 14.0. The summed E-state index contributed by atoms with van der Waals surface area (Å²) < 4.78 is 73.1. The van der Waals surface area contributed by atoms with Crippen LogP contribution < -0.4 is 27.4 Å². The third-order valence-corrected chi connectivity index (χ3v) is 9.90. The van der Waals surface area contributed by atoms with Gasteiger partial charge in [0, 0.05) is 6.54 Å². The SMILES string of the molecule is N[C@@H]1C(O[C@@H]2OC(CNC(=O)OCc3ccccc3)CCC2NC(=O)OCc2ccccc2)C(O)[C@H](O[C@@H]2OC(CO)[C@H](O)[C@H](NC(=O)C(F)(F)F)C2O)[C@H](N)C1O. The van der Waals surface area contributed by atoms with Gasteiger partial charge in [-0.3, -0.25) is 4.79 Å². The zero-order valence-corrected chi connectivity index (χ0v) is 30.8. The van der Waals surface area contributed by atoms with Crippen LogP contribution in [0.2, 0.25) is 0 Å². The summed E-state index contributed by atoms with van der Waals surface area (Å²) in [7, 11) is 0. The van der Waals surface area contributed by atoms with Crippen LogP contribution in [0.3, 0.4) is 0 Å². The highest BCUT2D eigenvalue weighted by atomic mass is 19.4. The Hall–Kier alpha value is -4.20. The van der Waals surface area contributed by atoms with Crippen LogP contribution >= 0.6 is 0 Å². The molecule has 2 heterocycles. The monoisotopic (exact) mass is 831 g/mol. The van der Waals surface area contributed by atoms with Crippen LogP contribution in [-0.4, -0.2) is 149 Å². The lowest BCUT2D eigenvalue weighted by atomic mass is 9.82. The molecule has 2 aromatic carbocycles. The zero-order valence-electron chi connectivity index (χ0n) is 30.8. The number of ether oxygens (including phenoxy) is 6. The molecule has 3 aliphatic rings. The molecule has 7 unspecified atom stereocenters. The van der Waals surface area contributed by atoms with Crippen LogP contribution in [0.4, 0.5) is 22.8 Å². The van der Waals surface area contributed by atoms with Crippen molar-refractivity contribution in [3.05, 3.63) is 71.8 Å². The molecule has 0 spiro atoms. The van der Waals surface area contributed by atoms with Crippen LogP contribution in [0.5, 0.6) is 0 Å². The number of nitrogens with one attached hydrogen (secondary N) is 3. The quantitative estimate of drug-likeness (QED) is 0.108. The Morgan fingerprint density at radius 1 is 0.724 bits per heavy atom. The maximum Gasteiger partial charge on any atom is 0.471 e. The molecule has 0 bridgehead atoms. The van der Waals surface area contributed by atoms with Gasteiger partial charge in [0.05, 0.1) is 43.0 Å². The third-order valence-electron chi connectivity index (χ3n) is 9.90. The summed E-state index contributed by atoms with van der Waals surface area (Å²) in [6.45, 7) is -1.17. The van der Waals surface area contributed by atoms with E-state index >= 15 is 0 Å². The molecule has 12 N–H and O–H groups in total. The number of hydrogen-bond donors (Lipinski definition) is 10. The van der Waals surface area contributed by atoms with E-state index in [1.807, 2.05) is 6.07 Å². The van der Waals surface area contributed by atoms with E-state index in [2.05, 4.69) is 10.6 Å². The molecular weight excluding hydrogens is 783 g/mol. The summed E-state index contributed by atoms with van der Waals surface area (Å²) in [6.07, 6.45) is -23.8. The summed E-state index contributed by atoms with van der Waals surface area (Å²) in [5.74, 6) is -2.52. The predicted molar refractivity (Wildman–Crippen MR) is 190 cm³/mol. The first-order valence-corrected chi connectivity index (χ1v) is 18.3. The normalized spacial score (nSPS) is 34.0. The van der Waals surface area contributed by atoms with Crippen LogP contribution in [0.1, 0.15) is 24.0 Å². The van der Waals surface area contributed by atoms with Gasteiger partial charge in [0.25, 0.3) is 0 Å². The molecule has 2 aromatic rings. The Morgan fingerprint density at radius 2 is 1.28 bits per heavy atom. The maximum atomic E-state index is 13.1. The lowest BCUT2D eigenvalue weighted by Crippen LogP contribution is -2.73. The standard InChI is InChI=1S/C36H48F3N5O14/c37-36(38,39)33(50)44-24-25(46)21(14-45)56-32(27(24)48)58-30-23(41)26(47)22(40)29(28(30)49)57-31-20(43-35(52)54-16-18-9-5-2-6-10-18)12-11-19(55-31)13-42-34(51)53-15-17-7-3-1-4-8-17/h1-10,19-32,45-49H,11-16,40-41H2,(H,42,51)(H,43,52)(H,44,50)/t19?,20?,21?,22-,23+,24-,25-,26?,27?,28?,29?,30+,31-,32-/m0/s1. The van der Waals surface area contributed by atoms with E-state index in [0.717, 1.165) is 5.56 Å². The molecule has 2 saturated heterocycles. The highest BCUT2D eigenvalue weighted by Gasteiger charge is 2.54. The first-order chi connectivity index (χ1) is 27.6. The molecule has 22 heteroatoms. The Kier molecular flexibility index (Phi) is 15.6. The highest BCUT2D eigenvalue weighted by Crippen LogP contribution is 2.32. The fourth-order valence-electron chi connectivity index (χ4n) is 6.70. The van der Waals surface area contributed by atoms with E-state index in [4.69, 9.17) is 39.9 Å². The van der Waals surface area contributed by atoms with Crippen molar-refractivity contribution in [2.45, 2.75) is 118 Å². The van der Waals surface area contributed by atoms with E-state index in [1.54, 1.807) is 54.6 Å². The molecule has 5 rings (SSSR count). The van der Waals surface area contributed by atoms with Gasteiger partial charge in [0.15, 0.2) is 12.6 Å². The van der Waals surface area contributed by atoms with E-state index < -0.39 is 116 Å². The Bertz CT molecular complexity index is 1640. The van der Waals surface area contributed by atoms with Crippen molar-refractivity contribution >= 4 is 18.1 Å². The van der Waals surface area contributed by atoms with Crippen molar-refractivity contribution in [2.75, 3.05) is 13.2 Å². The molecule has 1 saturated carbocycles. The van der Waals surface area contributed by atoms with Crippen molar-refractivity contribution in [1.29, 1.82) is 0 Å².